The van der Waals surface area contributed by atoms with Crippen molar-refractivity contribution in [2.24, 2.45) is 11.7 Å². The molecule has 1 aromatic heterocycles. The van der Waals surface area contributed by atoms with Crippen molar-refractivity contribution >= 4 is 11.3 Å². The number of rotatable bonds is 3. The lowest BCUT2D eigenvalue weighted by molar-refractivity contribution is 0.0725. The minimum Gasteiger partial charge on any atom is -0.326 e. The van der Waals surface area contributed by atoms with Gasteiger partial charge in [0, 0.05) is 17.0 Å². The number of nitrogens with two attached hydrogens (primary N) is 1. The monoisotopic (exact) mass is 252 g/mol. The van der Waals surface area contributed by atoms with E-state index in [0.717, 1.165) is 5.92 Å². The molecule has 1 aliphatic rings. The molecule has 0 bridgehead atoms. The number of likely N-dealkylation sites (tertiary alicyclic amines) is 1. The Morgan fingerprint density at radius 3 is 2.76 bits per heavy atom. The summed E-state index contributed by atoms with van der Waals surface area (Å²) in [5.74, 6) is 0.860. The number of hydrogen-bond donors (Lipinski definition) is 1. The molecule has 17 heavy (non-hydrogen) atoms. The van der Waals surface area contributed by atoms with Crippen molar-refractivity contribution in [3.63, 3.8) is 0 Å². The number of hydrogen-bond acceptors (Lipinski definition) is 3. The number of nitrogens with zero attached hydrogens (tertiary/aromatic N) is 1. The summed E-state index contributed by atoms with van der Waals surface area (Å²) in [6.07, 6.45) is 2.60. The van der Waals surface area contributed by atoms with E-state index in [2.05, 4.69) is 43.2 Å². The second-order valence-electron chi connectivity index (χ2n) is 5.54. The van der Waals surface area contributed by atoms with Gasteiger partial charge in [-0.3, -0.25) is 4.90 Å². The molecule has 0 aliphatic carbocycles. The van der Waals surface area contributed by atoms with Crippen LogP contribution in [0.3, 0.4) is 0 Å². The molecule has 2 heterocycles. The quantitative estimate of drug-likeness (QED) is 0.894. The van der Waals surface area contributed by atoms with Crippen LogP contribution in [-0.4, -0.2) is 23.5 Å². The molecule has 4 atom stereocenters. The first kappa shape index (κ1) is 13.1. The van der Waals surface area contributed by atoms with Crippen LogP contribution in [0.2, 0.25) is 0 Å². The van der Waals surface area contributed by atoms with Gasteiger partial charge in [0.1, 0.15) is 0 Å². The van der Waals surface area contributed by atoms with Gasteiger partial charge in [-0.15, -0.1) is 11.3 Å². The molecule has 0 saturated carbocycles. The molecule has 1 aromatic rings. The highest BCUT2D eigenvalue weighted by Gasteiger charge is 2.32. The smallest absolute Gasteiger partial charge is 0.0593 e. The third-order valence-electron chi connectivity index (χ3n) is 3.88. The van der Waals surface area contributed by atoms with E-state index < -0.39 is 0 Å². The number of thiophene rings is 1. The van der Waals surface area contributed by atoms with Crippen molar-refractivity contribution in [2.75, 3.05) is 6.54 Å². The molecule has 4 unspecified atom stereocenters. The molecule has 1 saturated heterocycles. The Morgan fingerprint density at radius 1 is 1.47 bits per heavy atom. The summed E-state index contributed by atoms with van der Waals surface area (Å²) in [5, 5.41) is 2.15. The lowest BCUT2D eigenvalue weighted by Gasteiger charge is -2.43. The summed E-state index contributed by atoms with van der Waals surface area (Å²) < 4.78 is 0. The highest BCUT2D eigenvalue weighted by molar-refractivity contribution is 7.10. The van der Waals surface area contributed by atoms with Crippen molar-refractivity contribution in [3.8, 4) is 0 Å². The summed E-state index contributed by atoms with van der Waals surface area (Å²) in [7, 11) is 0. The molecular weight excluding hydrogens is 228 g/mol. The van der Waals surface area contributed by atoms with Gasteiger partial charge in [-0.25, -0.2) is 0 Å². The van der Waals surface area contributed by atoms with Gasteiger partial charge >= 0.3 is 0 Å². The van der Waals surface area contributed by atoms with E-state index in [1.807, 2.05) is 11.3 Å². The van der Waals surface area contributed by atoms with Crippen LogP contribution < -0.4 is 5.73 Å². The minimum absolute atomic E-state index is 0.199. The van der Waals surface area contributed by atoms with Crippen LogP contribution >= 0.6 is 11.3 Å². The average molecular weight is 252 g/mol. The fraction of sp³-hybridized carbons (Fsp3) is 0.714. The topological polar surface area (TPSA) is 29.3 Å². The van der Waals surface area contributed by atoms with E-state index in [0.29, 0.717) is 12.1 Å². The van der Waals surface area contributed by atoms with Gasteiger partial charge in [0.05, 0.1) is 6.04 Å². The zero-order chi connectivity index (χ0) is 12.4. The molecular formula is C14H24N2S. The molecule has 1 fully saturated rings. The number of piperidine rings is 1. The van der Waals surface area contributed by atoms with Crippen molar-refractivity contribution in [2.45, 2.75) is 51.7 Å². The largest absolute Gasteiger partial charge is 0.326 e. The van der Waals surface area contributed by atoms with Crippen LogP contribution in [0.5, 0.6) is 0 Å². The Balaban J connectivity index is 2.17. The maximum atomic E-state index is 6.22. The van der Waals surface area contributed by atoms with Crippen LogP contribution in [0.4, 0.5) is 0 Å². The van der Waals surface area contributed by atoms with Gasteiger partial charge in [-0.2, -0.15) is 0 Å². The highest BCUT2D eigenvalue weighted by atomic mass is 32.1. The molecule has 0 amide bonds. The second-order valence-corrected chi connectivity index (χ2v) is 6.52. The normalized spacial score (nSPS) is 30.1. The molecule has 2 rings (SSSR count). The van der Waals surface area contributed by atoms with Crippen molar-refractivity contribution < 1.29 is 0 Å². The highest BCUT2D eigenvalue weighted by Crippen LogP contribution is 2.34. The lowest BCUT2D eigenvalue weighted by atomic mass is 9.90. The summed E-state index contributed by atoms with van der Waals surface area (Å²) >= 11 is 1.83. The van der Waals surface area contributed by atoms with Gasteiger partial charge in [-0.1, -0.05) is 13.0 Å². The van der Waals surface area contributed by atoms with Crippen LogP contribution in [-0.2, 0) is 0 Å². The van der Waals surface area contributed by atoms with Crippen molar-refractivity contribution in [3.05, 3.63) is 22.4 Å². The van der Waals surface area contributed by atoms with Gasteiger partial charge < -0.3 is 5.73 Å². The Hall–Kier alpha value is -0.380. The Kier molecular flexibility index (Phi) is 4.23. The van der Waals surface area contributed by atoms with Gasteiger partial charge in [-0.05, 0) is 50.6 Å². The molecule has 1 aliphatic heterocycles. The fourth-order valence-electron chi connectivity index (χ4n) is 3.02. The third kappa shape index (κ3) is 2.90. The van der Waals surface area contributed by atoms with E-state index >= 15 is 0 Å². The third-order valence-corrected chi connectivity index (χ3v) is 4.82. The first-order chi connectivity index (χ1) is 8.09. The molecule has 96 valence electrons. The van der Waals surface area contributed by atoms with Crippen LogP contribution in [0.15, 0.2) is 17.5 Å². The van der Waals surface area contributed by atoms with Crippen molar-refractivity contribution in [1.29, 1.82) is 0 Å². The predicted octanol–water partition coefficient (Wildman–Crippen LogP) is 3.26. The van der Waals surface area contributed by atoms with Crippen LogP contribution in [0.25, 0.3) is 0 Å². The minimum atomic E-state index is 0.199. The Labute approximate surface area is 109 Å². The summed E-state index contributed by atoms with van der Waals surface area (Å²) in [6, 6.07) is 5.61. The maximum Gasteiger partial charge on any atom is 0.0593 e. The molecule has 3 heteroatoms. The van der Waals surface area contributed by atoms with E-state index in [1.54, 1.807) is 0 Å². The van der Waals surface area contributed by atoms with Gasteiger partial charge in [0.2, 0.25) is 0 Å². The van der Waals surface area contributed by atoms with Gasteiger partial charge in [0.15, 0.2) is 0 Å². The van der Waals surface area contributed by atoms with E-state index in [-0.39, 0.29) is 6.04 Å². The van der Waals surface area contributed by atoms with Crippen LogP contribution in [0.1, 0.15) is 44.5 Å². The van der Waals surface area contributed by atoms with Crippen LogP contribution in [0, 0.1) is 5.92 Å². The average Bonchev–Trinajstić information content (AvgIpc) is 2.74. The SMILES string of the molecule is CC1CCN(C(c2cccs2)C(C)N)C(C)C1. The summed E-state index contributed by atoms with van der Waals surface area (Å²) in [5.41, 5.74) is 6.22. The zero-order valence-electron chi connectivity index (χ0n) is 11.1. The summed E-state index contributed by atoms with van der Waals surface area (Å²) in [6.45, 7) is 8.03. The van der Waals surface area contributed by atoms with E-state index in [4.69, 9.17) is 5.73 Å². The first-order valence-corrected chi connectivity index (χ1v) is 7.52. The summed E-state index contributed by atoms with van der Waals surface area (Å²) in [4.78, 5) is 4.03. The first-order valence-electron chi connectivity index (χ1n) is 6.64. The van der Waals surface area contributed by atoms with E-state index in [9.17, 15) is 0 Å². The molecule has 2 nitrogen and oxygen atoms in total. The standard InChI is InChI=1S/C14H24N2S/c1-10-6-7-16(11(2)9-10)14(12(3)15)13-5-4-8-17-13/h4-5,8,10-12,14H,6-7,9,15H2,1-3H3. The molecule has 2 N–H and O–H groups in total. The second kappa shape index (κ2) is 5.51. The van der Waals surface area contributed by atoms with E-state index in [1.165, 1.54) is 24.3 Å². The maximum absolute atomic E-state index is 6.22. The fourth-order valence-corrected chi connectivity index (χ4v) is 3.98. The lowest BCUT2D eigenvalue weighted by Crippen LogP contribution is -2.47. The Morgan fingerprint density at radius 2 is 2.24 bits per heavy atom. The molecule has 0 spiro atoms. The van der Waals surface area contributed by atoms with Gasteiger partial charge in [0.25, 0.3) is 0 Å². The molecule has 0 radical (unpaired) electrons. The Bertz CT molecular complexity index is 334. The molecule has 0 aromatic carbocycles. The zero-order valence-corrected chi connectivity index (χ0v) is 11.9. The van der Waals surface area contributed by atoms with Crippen molar-refractivity contribution in [1.82, 2.24) is 4.90 Å². The predicted molar refractivity (Wildman–Crippen MR) is 75.3 cm³/mol.